The molecule has 6 heteroatoms. The summed E-state index contributed by atoms with van der Waals surface area (Å²) in [6.45, 7) is 0. The van der Waals surface area contributed by atoms with Crippen molar-refractivity contribution in [3.05, 3.63) is 47.9 Å². The maximum atomic E-state index is 13.1. The van der Waals surface area contributed by atoms with E-state index in [4.69, 9.17) is 5.73 Å². The molecule has 3 N–H and O–H groups in total. The third-order valence-corrected chi connectivity index (χ3v) is 3.57. The molecule has 126 valence electrons. The number of carbonyl (C=O) groups is 1. The molecule has 2 aromatic rings. The molecule has 1 amide bonds. The second kappa shape index (κ2) is 8.19. The highest BCUT2D eigenvalue weighted by Gasteiger charge is 2.28. The van der Waals surface area contributed by atoms with Gasteiger partial charge >= 0.3 is 0 Å². The van der Waals surface area contributed by atoms with Crippen LogP contribution in [0.1, 0.15) is 18.4 Å². The van der Waals surface area contributed by atoms with Gasteiger partial charge in [0.2, 0.25) is 5.91 Å². The first-order chi connectivity index (χ1) is 11.5. The Kier molecular flexibility index (Phi) is 6.01. The number of aromatic nitrogens is 1. The fourth-order valence-corrected chi connectivity index (χ4v) is 2.11. The van der Waals surface area contributed by atoms with Crippen molar-refractivity contribution in [2.24, 2.45) is 10.9 Å². The number of nitrogens with one attached hydrogen (secondary N) is 1. The lowest BCUT2D eigenvalue weighted by molar-refractivity contribution is -0.121. The second-order valence-corrected chi connectivity index (χ2v) is 5.48. The van der Waals surface area contributed by atoms with Crippen LogP contribution in [0.15, 0.2) is 41.5 Å². The number of amides is 1. The first kappa shape index (κ1) is 17.6. The van der Waals surface area contributed by atoms with Crippen LogP contribution in [0, 0.1) is 11.7 Å². The smallest absolute Gasteiger partial charge is 0.222 e. The zero-order chi connectivity index (χ0) is 17.5. The highest BCUT2D eigenvalue weighted by Crippen LogP contribution is 2.28. The zero-order valence-electron chi connectivity index (χ0n) is 13.8. The fourth-order valence-electron chi connectivity index (χ4n) is 2.11. The summed E-state index contributed by atoms with van der Waals surface area (Å²) < 4.78 is 13.1. The van der Waals surface area contributed by atoms with Crippen LogP contribution in [-0.4, -0.2) is 31.2 Å². The molecule has 0 aliphatic heterocycles. The lowest BCUT2D eigenvalue weighted by Gasteiger charge is -2.04. The topological polar surface area (TPSA) is 80.4 Å². The third-order valence-electron chi connectivity index (χ3n) is 3.57. The standard InChI is InChI=1S/C13H12FN3.C5H9NO/c1-16-7-11-5-10(8-17-13(11)15)9-3-2-4-12(14)6-9;1-6-5(7)4-2-3-4/h2-8H,1H3,(H2,15,17);4H,2-3H2,1H3,(H,6,7). The summed E-state index contributed by atoms with van der Waals surface area (Å²) in [6.07, 6.45) is 5.45. The van der Waals surface area contributed by atoms with Crippen molar-refractivity contribution >= 4 is 17.9 Å². The number of carbonyl (C=O) groups excluding carboxylic acids is 1. The summed E-state index contributed by atoms with van der Waals surface area (Å²) in [4.78, 5) is 18.4. The maximum Gasteiger partial charge on any atom is 0.222 e. The molecule has 0 atom stereocenters. The quantitative estimate of drug-likeness (QED) is 0.850. The van der Waals surface area contributed by atoms with Crippen LogP contribution in [0.3, 0.4) is 0 Å². The molecule has 3 rings (SSSR count). The van der Waals surface area contributed by atoms with E-state index in [1.54, 1.807) is 32.6 Å². The Morgan fingerprint density at radius 1 is 1.38 bits per heavy atom. The first-order valence-electron chi connectivity index (χ1n) is 7.70. The zero-order valence-corrected chi connectivity index (χ0v) is 13.8. The molecule has 0 spiro atoms. The van der Waals surface area contributed by atoms with Gasteiger partial charge in [0.25, 0.3) is 0 Å². The number of nitrogens with two attached hydrogens (primary N) is 1. The monoisotopic (exact) mass is 328 g/mol. The van der Waals surface area contributed by atoms with E-state index in [9.17, 15) is 9.18 Å². The number of hydrogen-bond acceptors (Lipinski definition) is 4. The van der Waals surface area contributed by atoms with E-state index in [-0.39, 0.29) is 11.7 Å². The van der Waals surface area contributed by atoms with Gasteiger partial charge in [-0.05, 0) is 36.6 Å². The predicted molar refractivity (Wildman–Crippen MR) is 94.4 cm³/mol. The summed E-state index contributed by atoms with van der Waals surface area (Å²) >= 11 is 0. The summed E-state index contributed by atoms with van der Waals surface area (Å²) in [5.41, 5.74) is 8.02. The molecule has 0 radical (unpaired) electrons. The minimum atomic E-state index is -0.273. The van der Waals surface area contributed by atoms with Crippen LogP contribution >= 0.6 is 0 Å². The molecule has 0 bridgehead atoms. The van der Waals surface area contributed by atoms with Gasteiger partial charge in [-0.3, -0.25) is 9.79 Å². The van der Waals surface area contributed by atoms with E-state index in [2.05, 4.69) is 15.3 Å². The van der Waals surface area contributed by atoms with Crippen molar-refractivity contribution in [2.75, 3.05) is 19.8 Å². The lowest BCUT2D eigenvalue weighted by atomic mass is 10.1. The average Bonchev–Trinajstić information content (AvgIpc) is 3.42. The number of hydrogen-bond donors (Lipinski definition) is 2. The van der Waals surface area contributed by atoms with E-state index in [1.165, 1.54) is 12.1 Å². The molecule has 1 aromatic carbocycles. The summed E-state index contributed by atoms with van der Waals surface area (Å²) in [7, 11) is 3.34. The summed E-state index contributed by atoms with van der Waals surface area (Å²) in [5.74, 6) is 0.714. The molecule has 1 aliphatic rings. The van der Waals surface area contributed by atoms with Gasteiger partial charge in [0.05, 0.1) is 0 Å². The molecule has 1 saturated carbocycles. The maximum absolute atomic E-state index is 13.1. The van der Waals surface area contributed by atoms with Gasteiger partial charge in [0.1, 0.15) is 11.6 Å². The summed E-state index contributed by atoms with van der Waals surface area (Å²) in [5, 5.41) is 2.59. The molecular formula is C18H21FN4O. The van der Waals surface area contributed by atoms with Crippen LogP contribution in [0.4, 0.5) is 10.2 Å². The van der Waals surface area contributed by atoms with Gasteiger partial charge in [-0.15, -0.1) is 0 Å². The largest absolute Gasteiger partial charge is 0.383 e. The molecule has 24 heavy (non-hydrogen) atoms. The predicted octanol–water partition coefficient (Wildman–Crippen LogP) is 2.66. The van der Waals surface area contributed by atoms with Gasteiger partial charge in [-0.2, -0.15) is 0 Å². The number of nitrogen functional groups attached to an aromatic ring is 1. The van der Waals surface area contributed by atoms with Crippen LogP contribution in [-0.2, 0) is 4.79 Å². The van der Waals surface area contributed by atoms with E-state index in [0.717, 1.165) is 29.5 Å². The van der Waals surface area contributed by atoms with E-state index in [1.807, 2.05) is 12.1 Å². The molecule has 1 fully saturated rings. The van der Waals surface area contributed by atoms with E-state index < -0.39 is 0 Å². The van der Waals surface area contributed by atoms with Crippen LogP contribution < -0.4 is 11.1 Å². The molecule has 0 unspecified atom stereocenters. The first-order valence-corrected chi connectivity index (χ1v) is 7.70. The lowest BCUT2D eigenvalue weighted by Crippen LogP contribution is -2.18. The van der Waals surface area contributed by atoms with Crippen molar-refractivity contribution in [1.29, 1.82) is 0 Å². The Balaban J connectivity index is 0.000000249. The molecule has 1 aromatic heterocycles. The van der Waals surface area contributed by atoms with Crippen molar-refractivity contribution in [3.8, 4) is 11.1 Å². The van der Waals surface area contributed by atoms with Gasteiger partial charge in [-0.1, -0.05) is 12.1 Å². The van der Waals surface area contributed by atoms with Crippen LogP contribution in [0.5, 0.6) is 0 Å². The Bertz CT molecular complexity index is 742. The average molecular weight is 328 g/mol. The van der Waals surface area contributed by atoms with Crippen LogP contribution in [0.25, 0.3) is 11.1 Å². The highest BCUT2D eigenvalue weighted by atomic mass is 19.1. The minimum Gasteiger partial charge on any atom is -0.383 e. The number of aliphatic imine (C=N–C) groups is 1. The number of anilines is 1. The Hall–Kier alpha value is -2.76. The third kappa shape index (κ3) is 4.87. The SMILES string of the molecule is CN=Cc1cc(-c2cccc(F)c2)cnc1N.CNC(=O)C1CC1. The number of nitrogens with zero attached hydrogens (tertiary/aromatic N) is 2. The highest BCUT2D eigenvalue weighted by molar-refractivity contribution is 5.87. The number of rotatable bonds is 3. The van der Waals surface area contributed by atoms with Gasteiger partial charge < -0.3 is 11.1 Å². The molecule has 5 nitrogen and oxygen atoms in total. The normalized spacial score (nSPS) is 13.3. The Labute approximate surface area is 140 Å². The fraction of sp³-hybridized carbons (Fsp3) is 0.278. The van der Waals surface area contributed by atoms with Crippen molar-refractivity contribution in [1.82, 2.24) is 10.3 Å². The van der Waals surface area contributed by atoms with Crippen LogP contribution in [0.2, 0.25) is 0 Å². The molecule has 1 aliphatic carbocycles. The van der Waals surface area contributed by atoms with Gasteiger partial charge in [-0.25, -0.2) is 9.37 Å². The second-order valence-electron chi connectivity index (χ2n) is 5.48. The molecule has 0 saturated heterocycles. The molecular weight excluding hydrogens is 307 g/mol. The minimum absolute atomic E-state index is 0.208. The van der Waals surface area contributed by atoms with Gasteiger partial charge in [0, 0.05) is 43.6 Å². The van der Waals surface area contributed by atoms with Crippen molar-refractivity contribution in [2.45, 2.75) is 12.8 Å². The number of benzene rings is 1. The number of pyridine rings is 1. The van der Waals surface area contributed by atoms with E-state index in [0.29, 0.717) is 11.7 Å². The Morgan fingerprint density at radius 3 is 2.67 bits per heavy atom. The summed E-state index contributed by atoms with van der Waals surface area (Å²) in [6, 6.07) is 8.19. The number of halogens is 1. The van der Waals surface area contributed by atoms with Gasteiger partial charge in [0.15, 0.2) is 0 Å². The van der Waals surface area contributed by atoms with Crippen molar-refractivity contribution < 1.29 is 9.18 Å². The van der Waals surface area contributed by atoms with E-state index >= 15 is 0 Å². The Morgan fingerprint density at radius 2 is 2.12 bits per heavy atom. The van der Waals surface area contributed by atoms with Crippen molar-refractivity contribution in [3.63, 3.8) is 0 Å². The molecule has 1 heterocycles.